The number of fused-ring (bicyclic) bond motifs is 1. The van der Waals surface area contributed by atoms with Crippen molar-refractivity contribution >= 4 is 27.4 Å². The van der Waals surface area contributed by atoms with Gasteiger partial charge in [-0.25, -0.2) is 9.97 Å². The molecule has 7 heteroatoms. The zero-order chi connectivity index (χ0) is 19.7. The maximum absolute atomic E-state index is 5.51. The number of nitrogens with zero attached hydrogens (tertiary/aromatic N) is 4. The van der Waals surface area contributed by atoms with Crippen LogP contribution in [0.5, 0.6) is 11.5 Å². The van der Waals surface area contributed by atoms with E-state index >= 15 is 0 Å². The Hall–Kier alpha value is -2.38. The van der Waals surface area contributed by atoms with Gasteiger partial charge in [-0.1, -0.05) is 6.07 Å². The lowest BCUT2D eigenvalue weighted by Gasteiger charge is -2.23. The molecule has 0 radical (unpaired) electrons. The number of aromatic nitrogens is 2. The van der Waals surface area contributed by atoms with Gasteiger partial charge in [0.05, 0.1) is 19.6 Å². The van der Waals surface area contributed by atoms with Crippen LogP contribution in [0.25, 0.3) is 21.3 Å². The van der Waals surface area contributed by atoms with Crippen LogP contribution >= 0.6 is 11.3 Å². The average molecular weight is 399 g/mol. The van der Waals surface area contributed by atoms with Crippen LogP contribution in [0.2, 0.25) is 0 Å². The fraction of sp³-hybridized carbons (Fsp3) is 0.429. The topological polar surface area (TPSA) is 50.7 Å². The summed E-state index contributed by atoms with van der Waals surface area (Å²) in [6.07, 6.45) is 1.14. The molecule has 1 fully saturated rings. The largest absolute Gasteiger partial charge is 0.493 e. The zero-order valence-corrected chi connectivity index (χ0v) is 17.7. The summed E-state index contributed by atoms with van der Waals surface area (Å²) in [5.41, 5.74) is 2.23. The van der Waals surface area contributed by atoms with E-state index in [1.54, 1.807) is 25.6 Å². The molecule has 6 nitrogen and oxygen atoms in total. The minimum atomic E-state index is 0.727. The van der Waals surface area contributed by atoms with Crippen LogP contribution in [-0.2, 0) is 0 Å². The normalized spacial score (nSPS) is 15.6. The van der Waals surface area contributed by atoms with Crippen molar-refractivity contribution < 1.29 is 9.47 Å². The maximum Gasteiger partial charge on any atom is 0.161 e. The van der Waals surface area contributed by atoms with Crippen molar-refractivity contribution in [3.8, 4) is 22.6 Å². The second kappa shape index (κ2) is 7.93. The van der Waals surface area contributed by atoms with Crippen molar-refractivity contribution in [2.75, 3.05) is 52.3 Å². The monoisotopic (exact) mass is 398 g/mol. The number of likely N-dealkylation sites (N-methyl/N-ethyl adjacent to an activating group) is 1. The van der Waals surface area contributed by atoms with Crippen LogP contribution in [0.1, 0.15) is 12.2 Å². The second-order valence-corrected chi connectivity index (χ2v) is 8.00. The molecule has 0 unspecified atom stereocenters. The number of anilines is 1. The fourth-order valence-electron chi connectivity index (χ4n) is 3.73. The smallest absolute Gasteiger partial charge is 0.161 e. The van der Waals surface area contributed by atoms with Crippen LogP contribution in [0.15, 0.2) is 23.6 Å². The van der Waals surface area contributed by atoms with Gasteiger partial charge in [0.15, 0.2) is 11.5 Å². The second-order valence-electron chi connectivity index (χ2n) is 7.14. The first kappa shape index (κ1) is 19.0. The van der Waals surface area contributed by atoms with Crippen molar-refractivity contribution in [2.45, 2.75) is 13.3 Å². The number of rotatable bonds is 4. The van der Waals surface area contributed by atoms with E-state index in [1.165, 1.54) is 0 Å². The molecule has 1 aliphatic rings. The van der Waals surface area contributed by atoms with Gasteiger partial charge < -0.3 is 19.3 Å². The summed E-state index contributed by atoms with van der Waals surface area (Å²) in [6.45, 7) is 6.12. The van der Waals surface area contributed by atoms with Crippen molar-refractivity contribution in [1.29, 1.82) is 0 Å². The van der Waals surface area contributed by atoms with E-state index in [0.29, 0.717) is 0 Å². The highest BCUT2D eigenvalue weighted by atomic mass is 32.1. The molecular formula is C21H26N4O2S. The molecule has 0 saturated carbocycles. The molecule has 0 bridgehead atoms. The molecule has 0 atom stereocenters. The number of thiophene rings is 1. The van der Waals surface area contributed by atoms with E-state index in [9.17, 15) is 0 Å². The molecule has 148 valence electrons. The minimum Gasteiger partial charge on any atom is -0.493 e. The van der Waals surface area contributed by atoms with Gasteiger partial charge >= 0.3 is 0 Å². The highest BCUT2D eigenvalue weighted by Crippen LogP contribution is 2.41. The van der Waals surface area contributed by atoms with Crippen molar-refractivity contribution in [3.05, 3.63) is 29.4 Å². The molecule has 28 heavy (non-hydrogen) atoms. The number of aryl methyl sites for hydroxylation is 1. The van der Waals surface area contributed by atoms with Crippen LogP contribution < -0.4 is 14.4 Å². The van der Waals surface area contributed by atoms with Gasteiger partial charge in [0.1, 0.15) is 16.5 Å². The van der Waals surface area contributed by atoms with Crippen molar-refractivity contribution in [2.24, 2.45) is 0 Å². The summed E-state index contributed by atoms with van der Waals surface area (Å²) < 4.78 is 10.9. The molecule has 0 aliphatic carbocycles. The summed E-state index contributed by atoms with van der Waals surface area (Å²) >= 11 is 1.67. The molecule has 3 heterocycles. The molecule has 1 saturated heterocycles. The molecule has 3 aromatic rings. The predicted molar refractivity (Wildman–Crippen MR) is 115 cm³/mol. The van der Waals surface area contributed by atoms with Crippen molar-refractivity contribution in [1.82, 2.24) is 14.9 Å². The Morgan fingerprint density at radius 1 is 1.00 bits per heavy atom. The molecule has 0 amide bonds. The van der Waals surface area contributed by atoms with Crippen LogP contribution in [0, 0.1) is 6.92 Å². The summed E-state index contributed by atoms with van der Waals surface area (Å²) in [6, 6.07) is 6.05. The third-order valence-corrected chi connectivity index (χ3v) is 6.11. The zero-order valence-electron chi connectivity index (χ0n) is 16.9. The van der Waals surface area contributed by atoms with Crippen LogP contribution in [-0.4, -0.2) is 62.3 Å². The Kier molecular flexibility index (Phi) is 5.37. The Labute approximate surface area is 169 Å². The molecule has 0 spiro atoms. The van der Waals surface area contributed by atoms with Gasteiger partial charge in [0.2, 0.25) is 0 Å². The highest BCUT2D eigenvalue weighted by molar-refractivity contribution is 7.17. The quantitative estimate of drug-likeness (QED) is 0.666. The van der Waals surface area contributed by atoms with Gasteiger partial charge in [-0.3, -0.25) is 0 Å². The fourth-order valence-corrected chi connectivity index (χ4v) is 4.72. The summed E-state index contributed by atoms with van der Waals surface area (Å²) in [5, 5.41) is 3.31. The number of hydrogen-bond acceptors (Lipinski definition) is 7. The number of methoxy groups -OCH3 is 2. The minimum absolute atomic E-state index is 0.727. The molecule has 4 rings (SSSR count). The van der Waals surface area contributed by atoms with E-state index in [1.807, 2.05) is 19.1 Å². The van der Waals surface area contributed by atoms with Gasteiger partial charge in [-0.15, -0.1) is 11.3 Å². The standard InChI is InChI=1S/C21H26N4O2S/c1-14-22-20(25-9-5-8-24(2)10-11-25)19-16(13-28-21(19)23-14)15-6-7-17(26-3)18(12-15)27-4/h6-7,12-13H,5,8-11H2,1-4H3. The molecule has 1 aromatic carbocycles. The van der Waals surface area contributed by atoms with Crippen LogP contribution in [0.3, 0.4) is 0 Å². The third kappa shape index (κ3) is 3.52. The highest BCUT2D eigenvalue weighted by Gasteiger charge is 2.21. The number of benzene rings is 1. The Morgan fingerprint density at radius 3 is 2.61 bits per heavy atom. The Morgan fingerprint density at radius 2 is 1.82 bits per heavy atom. The molecule has 2 aromatic heterocycles. The van der Waals surface area contributed by atoms with Gasteiger partial charge in [-0.2, -0.15) is 0 Å². The maximum atomic E-state index is 5.51. The lowest BCUT2D eigenvalue weighted by molar-refractivity contribution is 0.355. The molecule has 1 aliphatic heterocycles. The van der Waals surface area contributed by atoms with Crippen LogP contribution in [0.4, 0.5) is 5.82 Å². The van der Waals surface area contributed by atoms with E-state index in [4.69, 9.17) is 19.4 Å². The first-order valence-corrected chi connectivity index (χ1v) is 10.4. The third-order valence-electron chi connectivity index (χ3n) is 5.24. The summed E-state index contributed by atoms with van der Waals surface area (Å²) in [7, 11) is 5.51. The van der Waals surface area contributed by atoms with E-state index in [2.05, 4.69) is 28.3 Å². The Bertz CT molecular complexity index is 988. The Balaban J connectivity index is 1.85. The summed E-state index contributed by atoms with van der Waals surface area (Å²) in [4.78, 5) is 15.4. The number of hydrogen-bond donors (Lipinski definition) is 0. The average Bonchev–Trinajstić information content (AvgIpc) is 3.00. The van der Waals surface area contributed by atoms with Crippen molar-refractivity contribution in [3.63, 3.8) is 0 Å². The molecular weight excluding hydrogens is 372 g/mol. The first-order valence-electron chi connectivity index (χ1n) is 9.52. The summed E-state index contributed by atoms with van der Waals surface area (Å²) in [5.74, 6) is 3.32. The lowest BCUT2D eigenvalue weighted by Crippen LogP contribution is -2.29. The van der Waals surface area contributed by atoms with E-state index in [0.717, 1.165) is 77.1 Å². The van der Waals surface area contributed by atoms with Gasteiger partial charge in [-0.05, 0) is 44.6 Å². The lowest BCUT2D eigenvalue weighted by atomic mass is 10.0. The predicted octanol–water partition coefficient (Wildman–Crippen LogP) is 3.83. The van der Waals surface area contributed by atoms with E-state index < -0.39 is 0 Å². The van der Waals surface area contributed by atoms with Gasteiger partial charge in [0, 0.05) is 30.6 Å². The molecule has 0 N–H and O–H groups in total. The van der Waals surface area contributed by atoms with Gasteiger partial charge in [0.25, 0.3) is 0 Å². The first-order chi connectivity index (χ1) is 13.6. The SMILES string of the molecule is COc1ccc(-c2csc3nc(C)nc(N4CCCN(C)CC4)c23)cc1OC. The number of ether oxygens (including phenoxy) is 2. The van der Waals surface area contributed by atoms with E-state index in [-0.39, 0.29) is 0 Å².